The second-order valence-corrected chi connectivity index (χ2v) is 4.99. The molecule has 0 unspecified atom stereocenters. The molecule has 8 heteroatoms. The molecule has 1 aromatic carbocycles. The van der Waals surface area contributed by atoms with E-state index in [-0.39, 0.29) is 27.2 Å². The molecule has 0 atom stereocenters. The molecule has 0 amide bonds. The van der Waals surface area contributed by atoms with Crippen molar-refractivity contribution in [3.05, 3.63) is 56.3 Å². The Bertz CT molecular complexity index is 732. The molecule has 21 heavy (non-hydrogen) atoms. The summed E-state index contributed by atoms with van der Waals surface area (Å²) in [7, 11) is 0. The highest BCUT2D eigenvalue weighted by Gasteiger charge is 2.22. The number of carbonyl (C=O) groups is 1. The maximum Gasteiger partial charge on any atom is 0.339 e. The summed E-state index contributed by atoms with van der Waals surface area (Å²) in [6.07, 6.45) is 2.37. The van der Waals surface area contributed by atoms with Gasteiger partial charge in [0.2, 0.25) is 5.75 Å². The minimum atomic E-state index is -1.18. The second-order valence-electron chi connectivity index (χ2n) is 4.13. The summed E-state index contributed by atoms with van der Waals surface area (Å²) in [5.41, 5.74) is 0.303. The van der Waals surface area contributed by atoms with Crippen LogP contribution in [0, 0.1) is 17.0 Å². The van der Waals surface area contributed by atoms with Gasteiger partial charge in [-0.3, -0.25) is 15.1 Å². The molecule has 108 valence electrons. The fraction of sp³-hybridized carbons (Fsp3) is 0.0769. The van der Waals surface area contributed by atoms with E-state index in [1.165, 1.54) is 18.3 Å². The number of aromatic carboxylic acids is 1. The molecule has 0 bridgehead atoms. The molecular formula is C13H9BrN2O5. The van der Waals surface area contributed by atoms with Crippen molar-refractivity contribution in [2.75, 3.05) is 0 Å². The smallest absolute Gasteiger partial charge is 0.339 e. The van der Waals surface area contributed by atoms with E-state index >= 15 is 0 Å². The molecule has 0 radical (unpaired) electrons. The Labute approximate surface area is 127 Å². The van der Waals surface area contributed by atoms with Crippen molar-refractivity contribution >= 4 is 27.6 Å². The predicted octanol–water partition coefficient (Wildman–Crippen LogP) is 3.55. The third-order valence-electron chi connectivity index (χ3n) is 2.61. The maximum atomic E-state index is 11.2. The Morgan fingerprint density at radius 1 is 1.43 bits per heavy atom. The first kappa shape index (κ1) is 14.9. The number of benzene rings is 1. The lowest BCUT2D eigenvalue weighted by Gasteiger charge is -2.10. The molecule has 7 nitrogen and oxygen atoms in total. The highest BCUT2D eigenvalue weighted by molar-refractivity contribution is 9.10. The fourth-order valence-electron chi connectivity index (χ4n) is 1.65. The normalized spacial score (nSPS) is 10.2. The van der Waals surface area contributed by atoms with Crippen LogP contribution < -0.4 is 4.74 Å². The van der Waals surface area contributed by atoms with E-state index in [1.54, 1.807) is 13.0 Å². The predicted molar refractivity (Wildman–Crippen MR) is 76.8 cm³/mol. The van der Waals surface area contributed by atoms with Crippen LogP contribution in [0.4, 0.5) is 5.69 Å². The van der Waals surface area contributed by atoms with Gasteiger partial charge in [0, 0.05) is 6.20 Å². The number of hydrogen-bond acceptors (Lipinski definition) is 5. The van der Waals surface area contributed by atoms with Gasteiger partial charge in [0.25, 0.3) is 0 Å². The number of hydrogen-bond donors (Lipinski definition) is 1. The van der Waals surface area contributed by atoms with Gasteiger partial charge in [0.05, 0.1) is 9.40 Å². The van der Waals surface area contributed by atoms with Crippen LogP contribution in [-0.2, 0) is 0 Å². The Morgan fingerprint density at radius 3 is 2.76 bits per heavy atom. The molecule has 0 aliphatic heterocycles. The maximum absolute atomic E-state index is 11.2. The van der Waals surface area contributed by atoms with Gasteiger partial charge >= 0.3 is 11.7 Å². The topological polar surface area (TPSA) is 103 Å². The highest BCUT2D eigenvalue weighted by Crippen LogP contribution is 2.38. The summed E-state index contributed by atoms with van der Waals surface area (Å²) in [6, 6.07) is 4.54. The lowest BCUT2D eigenvalue weighted by Crippen LogP contribution is -2.02. The standard InChI is InChI=1S/C13H9BrN2O5/c1-7-2-3-11(8(4-7)13(17)18)21-12-9(14)5-15-6-10(12)16(19)20/h2-6H,1H3,(H,17,18). The van der Waals surface area contributed by atoms with E-state index in [1.807, 2.05) is 0 Å². The molecule has 0 spiro atoms. The highest BCUT2D eigenvalue weighted by atomic mass is 79.9. The molecule has 0 fully saturated rings. The van der Waals surface area contributed by atoms with Gasteiger partial charge in [-0.1, -0.05) is 11.6 Å². The minimum absolute atomic E-state index is 0.0168. The van der Waals surface area contributed by atoms with Crippen LogP contribution in [0.5, 0.6) is 11.5 Å². The van der Waals surface area contributed by atoms with Gasteiger partial charge in [-0.25, -0.2) is 4.79 Å². The fourth-order valence-corrected chi connectivity index (χ4v) is 2.06. The van der Waals surface area contributed by atoms with Crippen molar-refractivity contribution in [2.24, 2.45) is 0 Å². The molecule has 0 aliphatic carbocycles. The van der Waals surface area contributed by atoms with Gasteiger partial charge in [-0.15, -0.1) is 0 Å². The number of aromatic nitrogens is 1. The third kappa shape index (κ3) is 3.16. The Morgan fingerprint density at radius 2 is 2.14 bits per heavy atom. The second kappa shape index (κ2) is 5.88. The average Bonchev–Trinajstić information content (AvgIpc) is 2.42. The molecular weight excluding hydrogens is 344 g/mol. The van der Waals surface area contributed by atoms with Crippen LogP contribution in [0.3, 0.4) is 0 Å². The zero-order chi connectivity index (χ0) is 15.6. The monoisotopic (exact) mass is 352 g/mol. The van der Waals surface area contributed by atoms with Gasteiger partial charge in [-0.05, 0) is 35.0 Å². The molecule has 1 aromatic heterocycles. The molecule has 0 saturated heterocycles. The van der Waals surface area contributed by atoms with Crippen molar-refractivity contribution in [1.29, 1.82) is 0 Å². The summed E-state index contributed by atoms with van der Waals surface area (Å²) in [4.78, 5) is 25.3. The van der Waals surface area contributed by atoms with Gasteiger partial charge in [0.1, 0.15) is 17.5 Å². The molecule has 1 N–H and O–H groups in total. The molecule has 1 heterocycles. The van der Waals surface area contributed by atoms with Gasteiger partial charge < -0.3 is 9.84 Å². The zero-order valence-electron chi connectivity index (χ0n) is 10.7. The number of ether oxygens (including phenoxy) is 1. The van der Waals surface area contributed by atoms with Gasteiger partial charge in [-0.2, -0.15) is 0 Å². The van der Waals surface area contributed by atoms with Crippen molar-refractivity contribution in [3.63, 3.8) is 0 Å². The summed E-state index contributed by atoms with van der Waals surface area (Å²) < 4.78 is 5.70. The Balaban J connectivity index is 2.53. The summed E-state index contributed by atoms with van der Waals surface area (Å²) >= 11 is 3.11. The number of nitro groups is 1. The molecule has 2 rings (SSSR count). The molecule has 2 aromatic rings. The average molecular weight is 353 g/mol. The van der Waals surface area contributed by atoms with E-state index < -0.39 is 10.9 Å². The largest absolute Gasteiger partial charge is 0.478 e. The zero-order valence-corrected chi connectivity index (χ0v) is 12.3. The number of carboxylic acid groups (broad SMARTS) is 1. The first-order valence-corrected chi connectivity index (χ1v) is 6.49. The number of halogens is 1. The van der Waals surface area contributed by atoms with E-state index in [0.717, 1.165) is 11.8 Å². The van der Waals surface area contributed by atoms with E-state index in [4.69, 9.17) is 4.74 Å². The van der Waals surface area contributed by atoms with E-state index in [9.17, 15) is 20.0 Å². The summed E-state index contributed by atoms with van der Waals surface area (Å²) in [6.45, 7) is 1.74. The first-order valence-electron chi connectivity index (χ1n) is 5.70. The quantitative estimate of drug-likeness (QED) is 0.666. The number of pyridine rings is 1. The summed E-state index contributed by atoms with van der Waals surface area (Å²) in [5.74, 6) is -1.26. The van der Waals surface area contributed by atoms with Crippen molar-refractivity contribution in [1.82, 2.24) is 4.98 Å². The molecule has 0 aliphatic rings. The third-order valence-corrected chi connectivity index (χ3v) is 3.17. The van der Waals surface area contributed by atoms with Crippen LogP contribution >= 0.6 is 15.9 Å². The Kier molecular flexibility index (Phi) is 4.18. The van der Waals surface area contributed by atoms with Crippen molar-refractivity contribution in [3.8, 4) is 11.5 Å². The van der Waals surface area contributed by atoms with Crippen molar-refractivity contribution in [2.45, 2.75) is 6.92 Å². The SMILES string of the molecule is Cc1ccc(Oc2c(Br)cncc2[N+](=O)[O-])c(C(=O)O)c1. The number of aryl methyl sites for hydroxylation is 1. The van der Waals surface area contributed by atoms with Crippen molar-refractivity contribution < 1.29 is 19.6 Å². The number of rotatable bonds is 4. The van der Waals surface area contributed by atoms with E-state index in [2.05, 4.69) is 20.9 Å². The van der Waals surface area contributed by atoms with Gasteiger partial charge in [0.15, 0.2) is 0 Å². The van der Waals surface area contributed by atoms with Crippen LogP contribution in [-0.4, -0.2) is 21.0 Å². The van der Waals surface area contributed by atoms with E-state index in [0.29, 0.717) is 0 Å². The lowest BCUT2D eigenvalue weighted by molar-refractivity contribution is -0.386. The first-order chi connectivity index (χ1) is 9.90. The number of nitrogens with zero attached hydrogens (tertiary/aromatic N) is 2. The number of carboxylic acids is 1. The summed E-state index contributed by atoms with van der Waals surface area (Å²) in [5, 5.41) is 20.2. The van der Waals surface area contributed by atoms with Crippen LogP contribution in [0.25, 0.3) is 0 Å². The van der Waals surface area contributed by atoms with Crippen LogP contribution in [0.2, 0.25) is 0 Å². The Hall–Kier alpha value is -2.48. The molecule has 0 saturated carbocycles. The van der Waals surface area contributed by atoms with Crippen LogP contribution in [0.1, 0.15) is 15.9 Å². The minimum Gasteiger partial charge on any atom is -0.478 e. The lowest BCUT2D eigenvalue weighted by atomic mass is 10.1. The van der Waals surface area contributed by atoms with Crippen LogP contribution in [0.15, 0.2) is 35.1 Å².